The number of fused-ring (bicyclic) bond motifs is 1. The molecule has 1 aromatic heterocycles. The van der Waals surface area contributed by atoms with Gasteiger partial charge in [-0.2, -0.15) is 0 Å². The molecule has 0 atom stereocenters. The van der Waals surface area contributed by atoms with Gasteiger partial charge in [0.05, 0.1) is 17.6 Å². The van der Waals surface area contributed by atoms with Crippen LogP contribution in [0.3, 0.4) is 0 Å². The van der Waals surface area contributed by atoms with Crippen molar-refractivity contribution >= 4 is 55.9 Å². The predicted molar refractivity (Wildman–Crippen MR) is 106 cm³/mol. The molecule has 0 radical (unpaired) electrons. The van der Waals surface area contributed by atoms with Crippen LogP contribution in [0.1, 0.15) is 6.92 Å². The fourth-order valence-electron chi connectivity index (χ4n) is 2.29. The molecule has 0 fully saturated rings. The average molecular weight is 387 g/mol. The summed E-state index contributed by atoms with van der Waals surface area (Å²) in [5.41, 5.74) is 1.28. The Labute approximate surface area is 159 Å². The van der Waals surface area contributed by atoms with Gasteiger partial charge in [0.2, 0.25) is 11.8 Å². The van der Waals surface area contributed by atoms with Crippen LogP contribution < -0.4 is 15.4 Å². The molecule has 3 aromatic rings. The highest BCUT2D eigenvalue weighted by Crippen LogP contribution is 2.35. The maximum Gasteiger partial charge on any atom is 0.234 e. The van der Waals surface area contributed by atoms with Crippen molar-refractivity contribution in [3.8, 4) is 5.75 Å². The van der Waals surface area contributed by atoms with Gasteiger partial charge in [-0.05, 0) is 18.2 Å². The second-order valence-electron chi connectivity index (χ2n) is 5.38. The van der Waals surface area contributed by atoms with Crippen LogP contribution in [0.4, 0.5) is 10.8 Å². The standard InChI is InChI=1S/C18H17N3O3S2/c1-11(22)19-18-21-17-14(24-2)8-12(9-15(17)26-18)20-16(23)10-25-13-6-4-3-5-7-13/h3-9H,10H2,1-2H3,(H,20,23)(H,19,21,22). The molecule has 8 heteroatoms. The molecule has 0 aliphatic heterocycles. The topological polar surface area (TPSA) is 80.3 Å². The molecule has 3 rings (SSSR count). The van der Waals surface area contributed by atoms with Crippen molar-refractivity contribution in [1.29, 1.82) is 0 Å². The van der Waals surface area contributed by atoms with Crippen LogP contribution in [0.2, 0.25) is 0 Å². The lowest BCUT2D eigenvalue weighted by Gasteiger charge is -2.08. The third-order valence-electron chi connectivity index (χ3n) is 3.36. The molecule has 2 aromatic carbocycles. The highest BCUT2D eigenvalue weighted by molar-refractivity contribution is 8.00. The number of hydrogen-bond donors (Lipinski definition) is 2. The van der Waals surface area contributed by atoms with Gasteiger partial charge in [0.15, 0.2) is 5.13 Å². The maximum absolute atomic E-state index is 12.2. The number of methoxy groups -OCH3 is 1. The Hall–Kier alpha value is -2.58. The number of rotatable bonds is 6. The van der Waals surface area contributed by atoms with Gasteiger partial charge in [-0.15, -0.1) is 11.8 Å². The Bertz CT molecular complexity index is 942. The van der Waals surface area contributed by atoms with E-state index in [-0.39, 0.29) is 11.8 Å². The summed E-state index contributed by atoms with van der Waals surface area (Å²) < 4.78 is 6.19. The lowest BCUT2D eigenvalue weighted by molar-refractivity contribution is -0.114. The minimum absolute atomic E-state index is 0.105. The van der Waals surface area contributed by atoms with Gasteiger partial charge >= 0.3 is 0 Å². The molecule has 0 saturated carbocycles. The molecule has 6 nitrogen and oxygen atoms in total. The SMILES string of the molecule is COc1cc(NC(=O)CSc2ccccc2)cc2sc(NC(C)=O)nc12. The van der Waals surface area contributed by atoms with Crippen LogP contribution in [0.5, 0.6) is 5.75 Å². The number of carbonyl (C=O) groups is 2. The van der Waals surface area contributed by atoms with E-state index < -0.39 is 0 Å². The zero-order chi connectivity index (χ0) is 18.5. The molecule has 1 heterocycles. The van der Waals surface area contributed by atoms with Crippen molar-refractivity contribution in [1.82, 2.24) is 4.98 Å². The third kappa shape index (κ3) is 4.53. The second kappa shape index (κ2) is 8.20. The van der Waals surface area contributed by atoms with Crippen molar-refractivity contribution in [2.24, 2.45) is 0 Å². The molecular weight excluding hydrogens is 370 g/mol. The number of aromatic nitrogens is 1. The van der Waals surface area contributed by atoms with E-state index in [0.717, 1.165) is 9.60 Å². The number of nitrogens with zero attached hydrogens (tertiary/aromatic N) is 1. The minimum Gasteiger partial charge on any atom is -0.494 e. The maximum atomic E-state index is 12.2. The zero-order valence-corrected chi connectivity index (χ0v) is 15.9. The van der Waals surface area contributed by atoms with Crippen molar-refractivity contribution in [3.63, 3.8) is 0 Å². The van der Waals surface area contributed by atoms with E-state index in [4.69, 9.17) is 4.74 Å². The van der Waals surface area contributed by atoms with Gasteiger partial charge in [0.1, 0.15) is 11.3 Å². The van der Waals surface area contributed by atoms with Crippen molar-refractivity contribution in [2.75, 3.05) is 23.5 Å². The number of thioether (sulfide) groups is 1. The van der Waals surface area contributed by atoms with Crippen LogP contribution >= 0.6 is 23.1 Å². The predicted octanol–water partition coefficient (Wildman–Crippen LogP) is 3.99. The first kappa shape index (κ1) is 18.2. The quantitative estimate of drug-likeness (QED) is 0.625. The highest BCUT2D eigenvalue weighted by Gasteiger charge is 2.13. The Kier molecular flexibility index (Phi) is 5.75. The molecule has 0 bridgehead atoms. The normalized spacial score (nSPS) is 10.5. The monoisotopic (exact) mass is 387 g/mol. The molecule has 2 amide bonds. The van der Waals surface area contributed by atoms with Gasteiger partial charge < -0.3 is 15.4 Å². The van der Waals surface area contributed by atoms with Crippen molar-refractivity contribution < 1.29 is 14.3 Å². The summed E-state index contributed by atoms with van der Waals surface area (Å²) in [6, 6.07) is 13.3. The number of thiazole rings is 1. The van der Waals surface area contributed by atoms with Gasteiger partial charge in [0.25, 0.3) is 0 Å². The Morgan fingerprint density at radius 2 is 1.96 bits per heavy atom. The number of nitrogens with one attached hydrogen (secondary N) is 2. The molecule has 0 saturated heterocycles. The summed E-state index contributed by atoms with van der Waals surface area (Å²) in [6.45, 7) is 1.43. The Morgan fingerprint density at radius 3 is 2.65 bits per heavy atom. The smallest absolute Gasteiger partial charge is 0.234 e. The number of anilines is 2. The van der Waals surface area contributed by atoms with E-state index >= 15 is 0 Å². The van der Waals surface area contributed by atoms with Crippen molar-refractivity contribution in [2.45, 2.75) is 11.8 Å². The number of hydrogen-bond acceptors (Lipinski definition) is 6. The summed E-state index contributed by atoms with van der Waals surface area (Å²) in [5.74, 6) is 0.562. The van der Waals surface area contributed by atoms with Gasteiger partial charge in [-0.1, -0.05) is 29.5 Å². The third-order valence-corrected chi connectivity index (χ3v) is 5.29. The molecule has 2 N–H and O–H groups in total. The van der Waals surface area contributed by atoms with Crippen LogP contribution in [0.25, 0.3) is 10.2 Å². The first-order chi connectivity index (χ1) is 12.5. The Balaban J connectivity index is 1.74. The second-order valence-corrected chi connectivity index (χ2v) is 7.45. The van der Waals surface area contributed by atoms with Crippen molar-refractivity contribution in [3.05, 3.63) is 42.5 Å². The lowest BCUT2D eigenvalue weighted by atomic mass is 10.2. The number of benzene rings is 2. The first-order valence-electron chi connectivity index (χ1n) is 7.79. The Morgan fingerprint density at radius 1 is 1.19 bits per heavy atom. The fourth-order valence-corrected chi connectivity index (χ4v) is 3.98. The summed E-state index contributed by atoms with van der Waals surface area (Å²) in [6.07, 6.45) is 0. The molecular formula is C18H17N3O3S2. The minimum atomic E-state index is -0.186. The molecule has 26 heavy (non-hydrogen) atoms. The summed E-state index contributed by atoms with van der Waals surface area (Å²) in [5, 5.41) is 6.04. The summed E-state index contributed by atoms with van der Waals surface area (Å²) in [7, 11) is 1.54. The fraction of sp³-hybridized carbons (Fsp3) is 0.167. The summed E-state index contributed by atoms with van der Waals surface area (Å²) >= 11 is 2.80. The average Bonchev–Trinajstić information content (AvgIpc) is 3.01. The molecule has 0 aliphatic rings. The zero-order valence-electron chi connectivity index (χ0n) is 14.2. The largest absolute Gasteiger partial charge is 0.494 e. The van der Waals surface area contributed by atoms with Crippen LogP contribution in [-0.2, 0) is 9.59 Å². The van der Waals surface area contributed by atoms with E-state index in [0.29, 0.717) is 27.8 Å². The molecule has 134 valence electrons. The van der Waals surface area contributed by atoms with Crippen LogP contribution in [-0.4, -0.2) is 29.7 Å². The summed E-state index contributed by atoms with van der Waals surface area (Å²) in [4.78, 5) is 28.8. The number of ether oxygens (including phenoxy) is 1. The van der Waals surface area contributed by atoms with E-state index in [1.165, 1.54) is 30.0 Å². The van der Waals surface area contributed by atoms with Gasteiger partial charge in [-0.25, -0.2) is 4.98 Å². The number of amides is 2. The van der Waals surface area contributed by atoms with E-state index in [2.05, 4.69) is 15.6 Å². The van der Waals surface area contributed by atoms with E-state index in [1.54, 1.807) is 13.2 Å². The van der Waals surface area contributed by atoms with E-state index in [1.807, 2.05) is 36.4 Å². The first-order valence-corrected chi connectivity index (χ1v) is 9.59. The van der Waals surface area contributed by atoms with E-state index in [9.17, 15) is 9.59 Å². The lowest BCUT2D eigenvalue weighted by Crippen LogP contribution is -2.14. The molecule has 0 aliphatic carbocycles. The molecule has 0 spiro atoms. The van der Waals surface area contributed by atoms with Gasteiger partial charge in [-0.3, -0.25) is 9.59 Å². The van der Waals surface area contributed by atoms with Gasteiger partial charge in [0, 0.05) is 23.6 Å². The van der Waals surface area contributed by atoms with Crippen LogP contribution in [0, 0.1) is 0 Å². The number of carbonyl (C=O) groups excluding carboxylic acids is 2. The molecule has 0 unspecified atom stereocenters. The highest BCUT2D eigenvalue weighted by atomic mass is 32.2. The van der Waals surface area contributed by atoms with Crippen LogP contribution in [0.15, 0.2) is 47.4 Å².